The van der Waals surface area contributed by atoms with Crippen molar-refractivity contribution in [3.8, 4) is 5.75 Å². The van der Waals surface area contributed by atoms with E-state index in [4.69, 9.17) is 4.74 Å². The van der Waals surface area contributed by atoms with Crippen LogP contribution in [0.15, 0.2) is 53.4 Å². The van der Waals surface area contributed by atoms with Gasteiger partial charge in [-0.1, -0.05) is 29.8 Å². The summed E-state index contributed by atoms with van der Waals surface area (Å²) in [5.41, 5.74) is 2.26. The van der Waals surface area contributed by atoms with Crippen molar-refractivity contribution in [1.29, 1.82) is 0 Å². The van der Waals surface area contributed by atoms with Crippen LogP contribution in [0.2, 0.25) is 0 Å². The van der Waals surface area contributed by atoms with Gasteiger partial charge in [0.1, 0.15) is 5.75 Å². The first-order valence-corrected chi connectivity index (χ1v) is 8.69. The van der Waals surface area contributed by atoms with Gasteiger partial charge in [0.05, 0.1) is 11.9 Å². The number of carbonyl (C=O) groups is 1. The molecule has 4 heteroatoms. The highest BCUT2D eigenvalue weighted by molar-refractivity contribution is 8.00. The maximum absolute atomic E-state index is 12.2. The molecule has 1 unspecified atom stereocenters. The first-order valence-electron chi connectivity index (χ1n) is 7.81. The van der Waals surface area contributed by atoms with E-state index in [2.05, 4.69) is 36.5 Å². The molecule has 0 fully saturated rings. The minimum atomic E-state index is -0.132. The molecule has 0 bridgehead atoms. The summed E-state index contributed by atoms with van der Waals surface area (Å²) in [6.07, 6.45) is 0. The maximum atomic E-state index is 12.2. The number of thioether (sulfide) groups is 1. The second kappa shape index (κ2) is 8.63. The molecular formula is C19H23NO2S. The molecule has 0 aliphatic carbocycles. The van der Waals surface area contributed by atoms with Crippen molar-refractivity contribution in [2.24, 2.45) is 0 Å². The Hall–Kier alpha value is -1.94. The molecule has 0 radical (unpaired) electrons. The summed E-state index contributed by atoms with van der Waals surface area (Å²) in [5.74, 6) is 0.874. The first-order chi connectivity index (χ1) is 11.1. The summed E-state index contributed by atoms with van der Waals surface area (Å²) in [5, 5.41) is 2.85. The zero-order chi connectivity index (χ0) is 16.7. The zero-order valence-electron chi connectivity index (χ0n) is 13.8. The standard InChI is InChI=1S/C19H23NO2S/c1-4-22-17-7-5-6-16(12-17)13-20-19(21)15(3)23-18-10-8-14(2)9-11-18/h5-12,15H,4,13H2,1-3H3,(H,20,21). The molecular weight excluding hydrogens is 306 g/mol. The fraction of sp³-hybridized carbons (Fsp3) is 0.316. The normalized spacial score (nSPS) is 11.8. The van der Waals surface area contributed by atoms with Gasteiger partial charge < -0.3 is 10.1 Å². The van der Waals surface area contributed by atoms with Crippen LogP contribution in [0.5, 0.6) is 5.75 Å². The van der Waals surface area contributed by atoms with E-state index >= 15 is 0 Å². The van der Waals surface area contributed by atoms with Crippen molar-refractivity contribution in [2.75, 3.05) is 6.61 Å². The molecule has 3 nitrogen and oxygen atoms in total. The van der Waals surface area contributed by atoms with Gasteiger partial charge in [-0.25, -0.2) is 0 Å². The highest BCUT2D eigenvalue weighted by atomic mass is 32.2. The van der Waals surface area contributed by atoms with E-state index in [1.54, 1.807) is 11.8 Å². The second-order valence-electron chi connectivity index (χ2n) is 5.37. The van der Waals surface area contributed by atoms with E-state index in [1.807, 2.05) is 38.1 Å². The predicted molar refractivity (Wildman–Crippen MR) is 96.0 cm³/mol. The summed E-state index contributed by atoms with van der Waals surface area (Å²) in [4.78, 5) is 13.3. The van der Waals surface area contributed by atoms with E-state index in [-0.39, 0.29) is 11.2 Å². The van der Waals surface area contributed by atoms with Crippen LogP contribution in [0.4, 0.5) is 0 Å². The van der Waals surface area contributed by atoms with Crippen LogP contribution in [0, 0.1) is 6.92 Å². The molecule has 1 N–H and O–H groups in total. The van der Waals surface area contributed by atoms with Crippen LogP contribution in [-0.2, 0) is 11.3 Å². The Kier molecular flexibility index (Phi) is 6.53. The number of carbonyl (C=O) groups excluding carboxylic acids is 1. The highest BCUT2D eigenvalue weighted by Crippen LogP contribution is 2.23. The van der Waals surface area contributed by atoms with Gasteiger partial charge in [-0.05, 0) is 50.6 Å². The lowest BCUT2D eigenvalue weighted by molar-refractivity contribution is -0.120. The van der Waals surface area contributed by atoms with E-state index < -0.39 is 0 Å². The lowest BCUT2D eigenvalue weighted by Crippen LogP contribution is -2.30. The van der Waals surface area contributed by atoms with Crippen LogP contribution in [0.1, 0.15) is 25.0 Å². The summed E-state index contributed by atoms with van der Waals surface area (Å²) >= 11 is 1.57. The summed E-state index contributed by atoms with van der Waals surface area (Å²) in [6, 6.07) is 16.0. The number of hydrogen-bond acceptors (Lipinski definition) is 3. The molecule has 0 aliphatic heterocycles. The van der Waals surface area contributed by atoms with E-state index in [0.29, 0.717) is 13.2 Å². The molecule has 1 atom stereocenters. The Morgan fingerprint density at radius 2 is 1.96 bits per heavy atom. The largest absolute Gasteiger partial charge is 0.494 e. The van der Waals surface area contributed by atoms with Gasteiger partial charge in [-0.15, -0.1) is 11.8 Å². The highest BCUT2D eigenvalue weighted by Gasteiger charge is 2.14. The van der Waals surface area contributed by atoms with Gasteiger partial charge >= 0.3 is 0 Å². The first kappa shape index (κ1) is 17.4. The average Bonchev–Trinajstić information content (AvgIpc) is 2.55. The lowest BCUT2D eigenvalue weighted by Gasteiger charge is -2.13. The SMILES string of the molecule is CCOc1cccc(CNC(=O)C(C)Sc2ccc(C)cc2)c1. The molecule has 0 spiro atoms. The van der Waals surface area contributed by atoms with Gasteiger partial charge in [-0.3, -0.25) is 4.79 Å². The second-order valence-corrected chi connectivity index (χ2v) is 6.79. The monoisotopic (exact) mass is 329 g/mol. The van der Waals surface area contributed by atoms with Crippen molar-refractivity contribution < 1.29 is 9.53 Å². The minimum Gasteiger partial charge on any atom is -0.494 e. The number of ether oxygens (including phenoxy) is 1. The maximum Gasteiger partial charge on any atom is 0.233 e. The van der Waals surface area contributed by atoms with E-state index in [0.717, 1.165) is 16.2 Å². The van der Waals surface area contributed by atoms with Crippen molar-refractivity contribution in [1.82, 2.24) is 5.32 Å². The average molecular weight is 329 g/mol. The summed E-state index contributed by atoms with van der Waals surface area (Å²) < 4.78 is 5.47. The van der Waals surface area contributed by atoms with Crippen molar-refractivity contribution in [3.63, 3.8) is 0 Å². The Morgan fingerprint density at radius 3 is 2.65 bits per heavy atom. The number of hydrogen-bond donors (Lipinski definition) is 1. The molecule has 1 amide bonds. The van der Waals surface area contributed by atoms with Crippen LogP contribution >= 0.6 is 11.8 Å². The Morgan fingerprint density at radius 1 is 1.22 bits per heavy atom. The molecule has 23 heavy (non-hydrogen) atoms. The summed E-state index contributed by atoms with van der Waals surface area (Å²) in [7, 11) is 0. The Balaban J connectivity index is 1.86. The topological polar surface area (TPSA) is 38.3 Å². The quantitative estimate of drug-likeness (QED) is 0.774. The number of rotatable bonds is 7. The molecule has 2 aromatic rings. The molecule has 0 saturated carbocycles. The van der Waals surface area contributed by atoms with Gasteiger partial charge in [0.2, 0.25) is 5.91 Å². The van der Waals surface area contributed by atoms with E-state index in [1.165, 1.54) is 5.56 Å². The molecule has 2 aromatic carbocycles. The number of aryl methyl sites for hydroxylation is 1. The third-order valence-electron chi connectivity index (χ3n) is 3.38. The fourth-order valence-electron chi connectivity index (χ4n) is 2.12. The van der Waals surface area contributed by atoms with Crippen molar-refractivity contribution in [2.45, 2.75) is 37.5 Å². The van der Waals surface area contributed by atoms with Crippen LogP contribution in [0.3, 0.4) is 0 Å². The van der Waals surface area contributed by atoms with Gasteiger partial charge in [-0.2, -0.15) is 0 Å². The Bertz CT molecular complexity index is 640. The van der Waals surface area contributed by atoms with Crippen LogP contribution < -0.4 is 10.1 Å². The lowest BCUT2D eigenvalue weighted by atomic mass is 10.2. The smallest absolute Gasteiger partial charge is 0.233 e. The fourth-order valence-corrected chi connectivity index (χ4v) is 3.01. The van der Waals surface area contributed by atoms with Crippen LogP contribution in [0.25, 0.3) is 0 Å². The van der Waals surface area contributed by atoms with Gasteiger partial charge in [0.15, 0.2) is 0 Å². The predicted octanol–water partition coefficient (Wildman–Crippen LogP) is 4.19. The van der Waals surface area contributed by atoms with Gasteiger partial charge in [0, 0.05) is 11.4 Å². The van der Waals surface area contributed by atoms with E-state index in [9.17, 15) is 4.79 Å². The minimum absolute atomic E-state index is 0.0392. The third kappa shape index (κ3) is 5.64. The summed E-state index contributed by atoms with van der Waals surface area (Å²) in [6.45, 7) is 7.09. The van der Waals surface area contributed by atoms with Crippen molar-refractivity contribution >= 4 is 17.7 Å². The molecule has 2 rings (SSSR count). The number of benzene rings is 2. The number of nitrogens with one attached hydrogen (secondary N) is 1. The molecule has 0 heterocycles. The molecule has 0 saturated heterocycles. The number of amides is 1. The zero-order valence-corrected chi connectivity index (χ0v) is 14.7. The third-order valence-corrected chi connectivity index (χ3v) is 4.49. The van der Waals surface area contributed by atoms with Gasteiger partial charge in [0.25, 0.3) is 0 Å². The van der Waals surface area contributed by atoms with Crippen LogP contribution in [-0.4, -0.2) is 17.8 Å². The van der Waals surface area contributed by atoms with Crippen molar-refractivity contribution in [3.05, 3.63) is 59.7 Å². The molecule has 0 aliphatic rings. The molecule has 122 valence electrons. The Labute approximate surface area is 142 Å². The molecule has 0 aromatic heterocycles.